The molecule has 20 heavy (non-hydrogen) atoms. The predicted octanol–water partition coefficient (Wildman–Crippen LogP) is 3.32. The molecule has 0 saturated carbocycles. The number of nitrogens with zero attached hydrogens (tertiary/aromatic N) is 1. The van der Waals surface area contributed by atoms with Gasteiger partial charge in [-0.25, -0.2) is 0 Å². The molecule has 3 aromatic rings. The maximum Gasteiger partial charge on any atom is 0.307 e. The number of hydrogen-bond acceptors (Lipinski definition) is 1. The van der Waals surface area contributed by atoms with E-state index in [2.05, 4.69) is 22.8 Å². The van der Waals surface area contributed by atoms with Gasteiger partial charge in [0, 0.05) is 18.3 Å². The third-order valence-corrected chi connectivity index (χ3v) is 3.48. The molecular formula is C17H15NO2. The van der Waals surface area contributed by atoms with E-state index in [1.165, 1.54) is 5.39 Å². The van der Waals surface area contributed by atoms with Crippen molar-refractivity contribution in [1.29, 1.82) is 0 Å². The van der Waals surface area contributed by atoms with Crippen molar-refractivity contribution in [2.24, 2.45) is 0 Å². The van der Waals surface area contributed by atoms with Gasteiger partial charge in [-0.05, 0) is 28.6 Å². The first kappa shape index (κ1) is 12.5. The molecule has 0 unspecified atom stereocenters. The van der Waals surface area contributed by atoms with E-state index in [0.29, 0.717) is 6.54 Å². The maximum atomic E-state index is 10.9. The van der Waals surface area contributed by atoms with E-state index in [-0.39, 0.29) is 6.42 Å². The molecule has 0 aliphatic rings. The summed E-state index contributed by atoms with van der Waals surface area (Å²) in [5, 5.41) is 10.2. The van der Waals surface area contributed by atoms with E-state index in [1.807, 2.05) is 42.6 Å². The lowest BCUT2D eigenvalue weighted by Crippen LogP contribution is -2.06. The average Bonchev–Trinajstić information content (AvgIpc) is 2.84. The van der Waals surface area contributed by atoms with Crippen LogP contribution in [0.5, 0.6) is 0 Å². The highest BCUT2D eigenvalue weighted by Crippen LogP contribution is 2.18. The highest BCUT2D eigenvalue weighted by molar-refractivity contribution is 5.80. The van der Waals surface area contributed by atoms with Gasteiger partial charge in [0.25, 0.3) is 0 Å². The van der Waals surface area contributed by atoms with Gasteiger partial charge in [-0.2, -0.15) is 0 Å². The Hall–Kier alpha value is -2.55. The van der Waals surface area contributed by atoms with Crippen LogP contribution in [0.2, 0.25) is 0 Å². The van der Waals surface area contributed by atoms with Gasteiger partial charge in [0.2, 0.25) is 0 Å². The van der Waals surface area contributed by atoms with Gasteiger partial charge in [0.1, 0.15) is 0 Å². The minimum absolute atomic E-state index is 0.0649. The predicted molar refractivity (Wildman–Crippen MR) is 78.8 cm³/mol. The zero-order chi connectivity index (χ0) is 13.9. The summed E-state index contributed by atoms with van der Waals surface area (Å²) >= 11 is 0. The molecule has 0 radical (unpaired) electrons. The van der Waals surface area contributed by atoms with Crippen LogP contribution in [-0.2, 0) is 17.8 Å². The molecule has 1 N–H and O–H groups in total. The van der Waals surface area contributed by atoms with Gasteiger partial charge >= 0.3 is 5.97 Å². The quantitative estimate of drug-likeness (QED) is 0.786. The fourth-order valence-corrected chi connectivity index (χ4v) is 2.51. The number of carbonyl (C=O) groups is 1. The van der Waals surface area contributed by atoms with Crippen LogP contribution < -0.4 is 0 Å². The summed E-state index contributed by atoms with van der Waals surface area (Å²) in [6.07, 6.45) is 2.11. The van der Waals surface area contributed by atoms with Crippen LogP contribution in [0.1, 0.15) is 11.1 Å². The molecule has 3 rings (SSSR count). The van der Waals surface area contributed by atoms with E-state index in [1.54, 1.807) is 0 Å². The van der Waals surface area contributed by atoms with Crippen LogP contribution in [0.15, 0.2) is 60.8 Å². The molecule has 0 fully saturated rings. The molecule has 0 saturated heterocycles. The molecule has 0 bridgehead atoms. The number of rotatable bonds is 4. The van der Waals surface area contributed by atoms with Crippen LogP contribution in [-0.4, -0.2) is 15.6 Å². The summed E-state index contributed by atoms with van der Waals surface area (Å²) in [4.78, 5) is 10.9. The van der Waals surface area contributed by atoms with Crippen LogP contribution in [0.3, 0.4) is 0 Å². The summed E-state index contributed by atoms with van der Waals surface area (Å²) < 4.78 is 2.15. The summed E-state index contributed by atoms with van der Waals surface area (Å²) in [7, 11) is 0. The number of para-hydroxylation sites is 1. The van der Waals surface area contributed by atoms with Gasteiger partial charge < -0.3 is 9.67 Å². The van der Waals surface area contributed by atoms with Gasteiger partial charge in [-0.1, -0.05) is 42.5 Å². The van der Waals surface area contributed by atoms with Gasteiger partial charge in [0.15, 0.2) is 0 Å². The molecule has 0 aliphatic heterocycles. The monoisotopic (exact) mass is 265 g/mol. The van der Waals surface area contributed by atoms with Crippen molar-refractivity contribution in [3.05, 3.63) is 71.9 Å². The number of carboxylic acids is 1. The van der Waals surface area contributed by atoms with Crippen LogP contribution in [0.25, 0.3) is 10.9 Å². The second-order valence-corrected chi connectivity index (χ2v) is 4.84. The molecular weight excluding hydrogens is 250 g/mol. The molecule has 1 heterocycles. The standard InChI is InChI=1S/C17H15NO2/c19-17(20)11-14-6-1-2-7-15(14)12-18-10-9-13-5-3-4-8-16(13)18/h1-10H,11-12H2,(H,19,20). The molecule has 3 heteroatoms. The molecule has 0 spiro atoms. The van der Waals surface area contributed by atoms with Crippen molar-refractivity contribution < 1.29 is 9.90 Å². The smallest absolute Gasteiger partial charge is 0.307 e. The zero-order valence-corrected chi connectivity index (χ0v) is 11.0. The van der Waals surface area contributed by atoms with Gasteiger partial charge in [0.05, 0.1) is 6.42 Å². The van der Waals surface area contributed by atoms with Crippen LogP contribution in [0, 0.1) is 0 Å². The van der Waals surface area contributed by atoms with Crippen molar-refractivity contribution in [3.63, 3.8) is 0 Å². The van der Waals surface area contributed by atoms with Crippen molar-refractivity contribution in [2.75, 3.05) is 0 Å². The Kier molecular flexibility index (Phi) is 3.25. The summed E-state index contributed by atoms with van der Waals surface area (Å²) in [5.74, 6) is -0.796. The Morgan fingerprint density at radius 2 is 1.65 bits per heavy atom. The first-order valence-corrected chi connectivity index (χ1v) is 6.56. The van der Waals surface area contributed by atoms with E-state index in [9.17, 15) is 4.79 Å². The second-order valence-electron chi connectivity index (χ2n) is 4.84. The number of fused-ring (bicyclic) bond motifs is 1. The number of aromatic nitrogens is 1. The minimum Gasteiger partial charge on any atom is -0.481 e. The summed E-state index contributed by atoms with van der Waals surface area (Å²) in [5.41, 5.74) is 3.09. The Balaban J connectivity index is 1.97. The number of benzene rings is 2. The average molecular weight is 265 g/mol. The Labute approximate surface area is 117 Å². The third kappa shape index (κ3) is 2.43. The van der Waals surface area contributed by atoms with E-state index >= 15 is 0 Å². The molecule has 2 aromatic carbocycles. The third-order valence-electron chi connectivity index (χ3n) is 3.48. The Morgan fingerprint density at radius 1 is 0.950 bits per heavy atom. The van der Waals surface area contributed by atoms with Crippen LogP contribution >= 0.6 is 0 Å². The zero-order valence-electron chi connectivity index (χ0n) is 11.0. The SMILES string of the molecule is O=C(O)Cc1ccccc1Cn1ccc2ccccc21. The van der Waals surface area contributed by atoms with Crippen molar-refractivity contribution in [3.8, 4) is 0 Å². The van der Waals surface area contributed by atoms with E-state index < -0.39 is 5.97 Å². The van der Waals surface area contributed by atoms with E-state index in [0.717, 1.165) is 16.6 Å². The lowest BCUT2D eigenvalue weighted by atomic mass is 10.0. The number of hydrogen-bond donors (Lipinski definition) is 1. The molecule has 3 nitrogen and oxygen atoms in total. The highest BCUT2D eigenvalue weighted by Gasteiger charge is 2.08. The molecule has 0 amide bonds. The summed E-state index contributed by atoms with van der Waals surface area (Å²) in [6, 6.07) is 18.0. The minimum atomic E-state index is -0.796. The van der Waals surface area contributed by atoms with Gasteiger partial charge in [-0.15, -0.1) is 0 Å². The van der Waals surface area contributed by atoms with Crippen molar-refractivity contribution in [2.45, 2.75) is 13.0 Å². The van der Waals surface area contributed by atoms with Crippen molar-refractivity contribution >= 4 is 16.9 Å². The summed E-state index contributed by atoms with van der Waals surface area (Å²) in [6.45, 7) is 0.691. The molecule has 1 aromatic heterocycles. The van der Waals surface area contributed by atoms with Crippen molar-refractivity contribution in [1.82, 2.24) is 4.57 Å². The van der Waals surface area contributed by atoms with E-state index in [4.69, 9.17) is 5.11 Å². The second kappa shape index (κ2) is 5.21. The number of carboxylic acid groups (broad SMARTS) is 1. The molecule has 100 valence electrons. The lowest BCUT2D eigenvalue weighted by Gasteiger charge is -2.10. The Morgan fingerprint density at radius 3 is 2.45 bits per heavy atom. The topological polar surface area (TPSA) is 42.2 Å². The Bertz CT molecular complexity index is 758. The largest absolute Gasteiger partial charge is 0.481 e. The fraction of sp³-hybridized carbons (Fsp3) is 0.118. The fourth-order valence-electron chi connectivity index (χ4n) is 2.51. The first-order chi connectivity index (χ1) is 9.74. The normalized spacial score (nSPS) is 10.8. The maximum absolute atomic E-state index is 10.9. The molecule has 0 atom stereocenters. The highest BCUT2D eigenvalue weighted by atomic mass is 16.4. The number of aliphatic carboxylic acids is 1. The van der Waals surface area contributed by atoms with Crippen LogP contribution in [0.4, 0.5) is 0 Å². The lowest BCUT2D eigenvalue weighted by molar-refractivity contribution is -0.136. The molecule has 0 aliphatic carbocycles. The first-order valence-electron chi connectivity index (χ1n) is 6.56. The van der Waals surface area contributed by atoms with Gasteiger partial charge in [-0.3, -0.25) is 4.79 Å².